The van der Waals surface area contributed by atoms with Gasteiger partial charge in [0.15, 0.2) is 12.6 Å². The summed E-state index contributed by atoms with van der Waals surface area (Å²) >= 11 is 0. The summed E-state index contributed by atoms with van der Waals surface area (Å²) in [6, 6.07) is 40.4. The average molecular weight is 1020 g/mol. The Morgan fingerprint density at radius 1 is 0.551 bits per heavy atom. The van der Waals surface area contributed by atoms with Crippen LogP contribution in [0.4, 0.5) is 0 Å². The predicted molar refractivity (Wildman–Crippen MR) is 262 cm³/mol. The van der Waals surface area contributed by atoms with Crippen molar-refractivity contribution in [3.05, 3.63) is 189 Å². The number of para-hydroxylation sites is 2. The number of hydrogen-bond acceptors (Lipinski definition) is 11. The number of rotatable bonds is 11. The van der Waals surface area contributed by atoms with E-state index >= 15 is 0 Å². The van der Waals surface area contributed by atoms with Crippen molar-refractivity contribution < 1.29 is 48.5 Å². The molecule has 0 atom stereocenters. The first-order valence-corrected chi connectivity index (χ1v) is 22.9. The van der Waals surface area contributed by atoms with Gasteiger partial charge >= 0.3 is 34.1 Å². The first kappa shape index (κ1) is 54.0. The Labute approximate surface area is 425 Å². The molecular formula is C54H58Cu2N10O3+2. The van der Waals surface area contributed by atoms with Crippen molar-refractivity contribution in [1.82, 2.24) is 50.8 Å². The Morgan fingerprint density at radius 3 is 1.67 bits per heavy atom. The van der Waals surface area contributed by atoms with E-state index in [4.69, 9.17) is 15.0 Å². The molecule has 13 nitrogen and oxygen atoms in total. The maximum Gasteiger partial charge on any atom is 2.00 e. The van der Waals surface area contributed by atoms with Gasteiger partial charge in [-0.1, -0.05) is 92.3 Å². The van der Waals surface area contributed by atoms with E-state index in [0.717, 1.165) is 121 Å². The molecule has 3 N–H and O–H groups in total. The van der Waals surface area contributed by atoms with Gasteiger partial charge in [0.25, 0.3) is 0 Å². The van der Waals surface area contributed by atoms with E-state index in [9.17, 15) is 14.4 Å². The first-order chi connectivity index (χ1) is 32.5. The molecule has 69 heavy (non-hydrogen) atoms. The van der Waals surface area contributed by atoms with Crippen LogP contribution in [0.2, 0.25) is 0 Å². The second kappa shape index (κ2) is 26.7. The van der Waals surface area contributed by atoms with Crippen LogP contribution >= 0.6 is 0 Å². The van der Waals surface area contributed by atoms with Gasteiger partial charge in [0, 0.05) is 107 Å². The third-order valence-electron chi connectivity index (χ3n) is 11.9. The number of fused-ring (bicyclic) bond motifs is 3. The second-order valence-electron chi connectivity index (χ2n) is 16.5. The minimum atomic E-state index is 0. The molecule has 0 unspecified atom stereocenters. The Bertz CT molecular complexity index is 2810. The number of carbonyl (C=O) groups is 3. The van der Waals surface area contributed by atoms with Gasteiger partial charge in [-0.2, -0.15) is 0 Å². The van der Waals surface area contributed by atoms with Gasteiger partial charge in [-0.25, -0.2) is 9.97 Å². The molecule has 11 rings (SSSR count). The fourth-order valence-corrected chi connectivity index (χ4v) is 8.69. The monoisotopic (exact) mass is 1020 g/mol. The standard InChI is InChI=1S/C26H26N5.C26H24N4O3.C2H6.2Cu.H3N/c1-4-19-14-25-18-31-16-23-8-2-6-21(27-23)10-12-30(15-20(5-1)26(19)29-25)13-11-22-7-3-9-24(17-31)28-22;31-16-23-8-2-6-21(27-23)10-12-30(13-11-22-7-3-9-24(17-32)28-22)15-20-5-1-4-19-14-25(18-33)29-26(19)20;1-2;;;/h1-9,14H,10-13,15-18H2;1-9,14,16-18H,10-13,15H2,(H,29,33);1-2H3;;;1H3/q-1;;;2*+2;/p-1. The molecule has 6 aromatic heterocycles. The van der Waals surface area contributed by atoms with Crippen molar-refractivity contribution in [2.45, 2.75) is 72.3 Å². The third kappa shape index (κ3) is 14.5. The van der Waals surface area contributed by atoms with Crippen LogP contribution in [0.25, 0.3) is 21.8 Å². The van der Waals surface area contributed by atoms with Gasteiger partial charge in [-0.05, 0) is 70.4 Å². The first-order valence-electron chi connectivity index (χ1n) is 22.9. The summed E-state index contributed by atoms with van der Waals surface area (Å²) in [6.07, 6.45) is 5.52. The maximum absolute atomic E-state index is 11.2. The van der Waals surface area contributed by atoms with Crippen molar-refractivity contribution in [2.24, 2.45) is 0 Å². The van der Waals surface area contributed by atoms with Crippen molar-refractivity contribution in [3.63, 3.8) is 0 Å². The number of nitrogens with zero attached hydrogens (tertiary/aromatic N) is 9. The Balaban J connectivity index is 0.000000239. The summed E-state index contributed by atoms with van der Waals surface area (Å²) in [5, 5.41) is 2.18. The summed E-state index contributed by atoms with van der Waals surface area (Å²) in [6.45, 7) is 11.3. The number of pyridine rings is 4. The van der Waals surface area contributed by atoms with Crippen LogP contribution in [0.5, 0.6) is 0 Å². The molecule has 0 saturated heterocycles. The quantitative estimate of drug-likeness (QED) is 0.0971. The smallest absolute Gasteiger partial charge is 0.660 e. The van der Waals surface area contributed by atoms with Crippen molar-refractivity contribution in [3.8, 4) is 0 Å². The largest absolute Gasteiger partial charge is 2.00 e. The van der Waals surface area contributed by atoms with Crippen molar-refractivity contribution in [2.75, 3.05) is 26.2 Å². The number of benzene rings is 2. The molecule has 0 fully saturated rings. The van der Waals surface area contributed by atoms with Crippen LogP contribution in [0.15, 0.2) is 121 Å². The molecule has 362 valence electrons. The predicted octanol–water partition coefficient (Wildman–Crippen LogP) is 8.20. The van der Waals surface area contributed by atoms with E-state index in [1.807, 2.05) is 56.3 Å². The van der Waals surface area contributed by atoms with Crippen molar-refractivity contribution in [1.29, 1.82) is 0 Å². The molecule has 0 amide bonds. The van der Waals surface area contributed by atoms with E-state index in [1.165, 1.54) is 22.3 Å². The molecular weight excluding hydrogens is 964 g/mol. The van der Waals surface area contributed by atoms with Crippen molar-refractivity contribution >= 4 is 40.7 Å². The molecule has 8 aromatic rings. The molecule has 15 heteroatoms. The average Bonchev–Trinajstić information content (AvgIpc) is 3.99. The fraction of sp³-hybridized carbons (Fsp3) is 0.278. The van der Waals surface area contributed by atoms with E-state index in [1.54, 1.807) is 18.2 Å². The Hall–Kier alpha value is -5.99. The molecule has 3 aliphatic heterocycles. The number of aldehydes is 3. The van der Waals surface area contributed by atoms with Gasteiger partial charge in [0.2, 0.25) is 0 Å². The second-order valence-corrected chi connectivity index (χ2v) is 16.5. The van der Waals surface area contributed by atoms with Crippen LogP contribution in [-0.2, 0) is 92.5 Å². The van der Waals surface area contributed by atoms with Gasteiger partial charge in [0.1, 0.15) is 17.7 Å². The summed E-state index contributed by atoms with van der Waals surface area (Å²) in [5.41, 5.74) is 13.0. The molecule has 2 aromatic carbocycles. The summed E-state index contributed by atoms with van der Waals surface area (Å²) in [4.78, 5) is 68.8. The minimum Gasteiger partial charge on any atom is -0.660 e. The van der Waals surface area contributed by atoms with Crippen LogP contribution < -0.4 is 16.1 Å². The normalized spacial score (nSPS) is 14.9. The van der Waals surface area contributed by atoms with E-state index < -0.39 is 0 Å². The van der Waals surface area contributed by atoms with Crippen LogP contribution in [0, 0.1) is 0 Å². The van der Waals surface area contributed by atoms with Crippen LogP contribution in [0.3, 0.4) is 0 Å². The zero-order chi connectivity index (χ0) is 45.7. The number of carbonyl (C=O) groups excluding carboxylic acids is 3. The van der Waals surface area contributed by atoms with Gasteiger partial charge in [-0.3, -0.25) is 39.1 Å². The Kier molecular flexibility index (Phi) is 20.9. The van der Waals surface area contributed by atoms with Gasteiger partial charge < -0.3 is 16.1 Å². The Morgan fingerprint density at radius 2 is 1.09 bits per heavy atom. The molecule has 8 bridgehead atoms. The van der Waals surface area contributed by atoms with Gasteiger partial charge in [0.05, 0.1) is 11.4 Å². The summed E-state index contributed by atoms with van der Waals surface area (Å²) < 4.78 is 0. The topological polar surface area (TPSA) is 176 Å². The molecule has 2 radical (unpaired) electrons. The molecule has 0 spiro atoms. The summed E-state index contributed by atoms with van der Waals surface area (Å²) in [7, 11) is 0. The number of hydrogen-bond donors (Lipinski definition) is 1. The van der Waals surface area contributed by atoms with E-state index in [2.05, 4.69) is 90.3 Å². The molecule has 3 aliphatic rings. The van der Waals surface area contributed by atoms with Crippen LogP contribution in [-0.4, -0.2) is 79.7 Å². The molecule has 9 heterocycles. The molecule has 0 saturated carbocycles. The maximum atomic E-state index is 11.2. The minimum absolute atomic E-state index is 0. The zero-order valence-corrected chi connectivity index (χ0v) is 40.9. The zero-order valence-electron chi connectivity index (χ0n) is 39.0. The SMILES string of the molecule is CC.N.O=Cc1cccc(CCN(CCc2cccc(C=O)n2)Cc2cccc3cc(C=O)[n-]c23)n1.[Cu+2].[Cu+2].c1cc2nc(c1)CN1Cc3cccc(n3)CCN(CC2)Cc2cccc3cc([n-]c23)C1. The van der Waals surface area contributed by atoms with E-state index in [0.29, 0.717) is 49.6 Å². The number of aromatic nitrogens is 6. The van der Waals surface area contributed by atoms with Gasteiger partial charge in [-0.15, -0.1) is 16.7 Å². The third-order valence-corrected chi connectivity index (χ3v) is 11.9. The molecule has 0 aliphatic carbocycles. The fourth-order valence-electron chi connectivity index (χ4n) is 8.69. The van der Waals surface area contributed by atoms with Crippen LogP contribution in [0.1, 0.15) is 96.3 Å². The van der Waals surface area contributed by atoms with E-state index in [-0.39, 0.29) is 40.3 Å². The summed E-state index contributed by atoms with van der Waals surface area (Å²) in [5.74, 6) is 0.